The van der Waals surface area contributed by atoms with Gasteiger partial charge in [-0.25, -0.2) is 9.59 Å². The molecule has 10 heteroatoms. The van der Waals surface area contributed by atoms with Crippen LogP contribution in [0.1, 0.15) is 36.8 Å². The average molecular weight is 464 g/mol. The maximum absolute atomic E-state index is 13.4. The molecule has 7 nitrogen and oxygen atoms in total. The topological polar surface area (TPSA) is 105 Å². The van der Waals surface area contributed by atoms with Gasteiger partial charge in [0, 0.05) is 5.92 Å². The van der Waals surface area contributed by atoms with E-state index in [0.717, 1.165) is 22.3 Å². The zero-order chi connectivity index (χ0) is 24.2. The number of aliphatic carboxylic acids is 1. The third-order valence-electron chi connectivity index (χ3n) is 5.39. The van der Waals surface area contributed by atoms with Crippen LogP contribution in [0.4, 0.5) is 18.0 Å². The SMILES string of the molecule is CCCC(NC(=O)C(NC(=O)OCC1c2ccccc2-c2ccccc21)C(F)(F)F)C(=O)O. The van der Waals surface area contributed by atoms with E-state index in [4.69, 9.17) is 9.84 Å². The van der Waals surface area contributed by atoms with Crippen molar-refractivity contribution in [3.05, 3.63) is 59.7 Å². The lowest BCUT2D eigenvalue weighted by Gasteiger charge is -2.23. The zero-order valence-corrected chi connectivity index (χ0v) is 17.7. The molecule has 0 bridgehead atoms. The van der Waals surface area contributed by atoms with E-state index >= 15 is 0 Å². The van der Waals surface area contributed by atoms with Gasteiger partial charge < -0.3 is 20.5 Å². The van der Waals surface area contributed by atoms with E-state index in [1.165, 1.54) is 5.32 Å². The molecule has 2 amide bonds. The van der Waals surface area contributed by atoms with Crippen LogP contribution in [0.15, 0.2) is 48.5 Å². The van der Waals surface area contributed by atoms with Crippen LogP contribution in [0, 0.1) is 0 Å². The van der Waals surface area contributed by atoms with Crippen molar-refractivity contribution in [3.8, 4) is 11.1 Å². The Hall–Kier alpha value is -3.56. The number of carbonyl (C=O) groups is 3. The predicted octanol–water partition coefficient (Wildman–Crippen LogP) is 3.83. The first-order chi connectivity index (χ1) is 15.6. The summed E-state index contributed by atoms with van der Waals surface area (Å²) in [7, 11) is 0. The average Bonchev–Trinajstić information content (AvgIpc) is 3.08. The number of fused-ring (bicyclic) bond motifs is 3. The van der Waals surface area contributed by atoms with Crippen molar-refractivity contribution in [3.63, 3.8) is 0 Å². The minimum Gasteiger partial charge on any atom is -0.480 e. The third kappa shape index (κ3) is 5.44. The van der Waals surface area contributed by atoms with Gasteiger partial charge in [0.2, 0.25) is 6.04 Å². The van der Waals surface area contributed by atoms with Crippen LogP contribution in [0.5, 0.6) is 0 Å². The van der Waals surface area contributed by atoms with E-state index in [1.54, 1.807) is 6.92 Å². The third-order valence-corrected chi connectivity index (χ3v) is 5.39. The number of hydrogen-bond donors (Lipinski definition) is 3. The molecule has 3 rings (SSSR count). The summed E-state index contributed by atoms with van der Waals surface area (Å²) in [6, 6.07) is 10.4. The van der Waals surface area contributed by atoms with Crippen LogP contribution < -0.4 is 10.6 Å². The van der Waals surface area contributed by atoms with E-state index in [2.05, 4.69) is 0 Å². The number of amides is 2. The molecule has 0 aromatic heterocycles. The summed E-state index contributed by atoms with van der Waals surface area (Å²) < 4.78 is 45.3. The van der Waals surface area contributed by atoms with Crippen LogP contribution in [-0.4, -0.2) is 47.9 Å². The summed E-state index contributed by atoms with van der Waals surface area (Å²) in [5.74, 6) is -3.51. The summed E-state index contributed by atoms with van der Waals surface area (Å²) in [4.78, 5) is 35.5. The van der Waals surface area contributed by atoms with E-state index < -0.39 is 36.2 Å². The molecule has 0 spiro atoms. The lowest BCUT2D eigenvalue weighted by Crippen LogP contribution is -2.57. The Morgan fingerprint density at radius 2 is 1.55 bits per heavy atom. The smallest absolute Gasteiger partial charge is 0.417 e. The number of benzene rings is 2. The number of ether oxygens (including phenoxy) is 1. The molecule has 0 fully saturated rings. The van der Waals surface area contributed by atoms with Crippen molar-refractivity contribution in [2.75, 3.05) is 6.61 Å². The Kier molecular flexibility index (Phi) is 7.25. The van der Waals surface area contributed by atoms with Gasteiger partial charge in [0.15, 0.2) is 0 Å². The Balaban J connectivity index is 1.69. The molecular formula is C23H23F3N2O5. The van der Waals surface area contributed by atoms with E-state index in [1.807, 2.05) is 53.8 Å². The molecule has 0 aliphatic heterocycles. The Morgan fingerprint density at radius 1 is 1.00 bits per heavy atom. The zero-order valence-electron chi connectivity index (χ0n) is 17.7. The fraction of sp³-hybridized carbons (Fsp3) is 0.348. The highest BCUT2D eigenvalue weighted by Crippen LogP contribution is 2.44. The maximum atomic E-state index is 13.4. The molecule has 2 aromatic rings. The highest BCUT2D eigenvalue weighted by molar-refractivity contribution is 5.90. The predicted molar refractivity (Wildman–Crippen MR) is 113 cm³/mol. The van der Waals surface area contributed by atoms with Crippen molar-refractivity contribution >= 4 is 18.0 Å². The second-order valence-electron chi connectivity index (χ2n) is 7.63. The Bertz CT molecular complexity index is 995. The molecule has 176 valence electrons. The number of carbonyl (C=O) groups excluding carboxylic acids is 2. The molecule has 0 radical (unpaired) electrons. The van der Waals surface area contributed by atoms with E-state index in [-0.39, 0.29) is 18.9 Å². The fourth-order valence-corrected chi connectivity index (χ4v) is 3.86. The van der Waals surface area contributed by atoms with Gasteiger partial charge >= 0.3 is 18.2 Å². The van der Waals surface area contributed by atoms with Gasteiger partial charge in [-0.3, -0.25) is 4.79 Å². The number of nitrogens with one attached hydrogen (secondary N) is 2. The van der Waals surface area contributed by atoms with Gasteiger partial charge in [0.05, 0.1) is 0 Å². The highest BCUT2D eigenvalue weighted by Gasteiger charge is 2.47. The van der Waals surface area contributed by atoms with Gasteiger partial charge in [-0.1, -0.05) is 61.9 Å². The molecule has 2 unspecified atom stereocenters. The second-order valence-corrected chi connectivity index (χ2v) is 7.63. The van der Waals surface area contributed by atoms with Crippen molar-refractivity contribution in [1.29, 1.82) is 0 Å². The van der Waals surface area contributed by atoms with Crippen LogP contribution >= 0.6 is 0 Å². The molecule has 3 N–H and O–H groups in total. The Labute approximate surface area is 187 Å². The quantitative estimate of drug-likeness (QED) is 0.551. The molecule has 0 heterocycles. The lowest BCUT2D eigenvalue weighted by molar-refractivity contribution is -0.169. The molecule has 1 aliphatic carbocycles. The van der Waals surface area contributed by atoms with Gasteiger partial charge in [-0.15, -0.1) is 0 Å². The lowest BCUT2D eigenvalue weighted by atomic mass is 9.98. The number of rotatable bonds is 8. The molecular weight excluding hydrogens is 441 g/mol. The minimum absolute atomic E-state index is 0.0589. The number of carboxylic acid groups (broad SMARTS) is 1. The van der Waals surface area contributed by atoms with Gasteiger partial charge in [0.1, 0.15) is 12.6 Å². The standard InChI is InChI=1S/C23H23F3N2O5/c1-2-7-18(21(30)31)27-20(29)19(23(24,25)26)28-22(32)33-12-17-15-10-5-3-8-13(15)14-9-4-6-11-16(14)17/h3-6,8-11,17-19H,2,7,12H2,1H3,(H,27,29)(H,28,32)(H,30,31). The molecule has 0 saturated heterocycles. The van der Waals surface area contributed by atoms with Crippen molar-refractivity contribution < 1.29 is 37.4 Å². The fourth-order valence-electron chi connectivity index (χ4n) is 3.86. The molecule has 2 aromatic carbocycles. The molecule has 2 atom stereocenters. The van der Waals surface area contributed by atoms with Gasteiger partial charge in [-0.05, 0) is 28.7 Å². The summed E-state index contributed by atoms with van der Waals surface area (Å²) in [6.45, 7) is 1.39. The van der Waals surface area contributed by atoms with Gasteiger partial charge in [0.25, 0.3) is 5.91 Å². The molecule has 1 aliphatic rings. The minimum atomic E-state index is -5.15. The molecule has 0 saturated carbocycles. The van der Waals surface area contributed by atoms with Crippen LogP contribution in [0.2, 0.25) is 0 Å². The first-order valence-corrected chi connectivity index (χ1v) is 10.3. The number of alkyl carbamates (subject to hydrolysis) is 1. The monoisotopic (exact) mass is 464 g/mol. The number of alkyl halides is 3. The number of hydrogen-bond acceptors (Lipinski definition) is 4. The van der Waals surface area contributed by atoms with Crippen LogP contribution in [0.25, 0.3) is 11.1 Å². The summed E-state index contributed by atoms with van der Waals surface area (Å²) in [5.41, 5.74) is 3.65. The first-order valence-electron chi connectivity index (χ1n) is 10.3. The van der Waals surface area contributed by atoms with Crippen LogP contribution in [-0.2, 0) is 14.3 Å². The van der Waals surface area contributed by atoms with E-state index in [0.29, 0.717) is 6.42 Å². The summed E-state index contributed by atoms with van der Waals surface area (Å²) in [6.07, 6.45) is -6.31. The van der Waals surface area contributed by atoms with Gasteiger partial charge in [-0.2, -0.15) is 13.2 Å². The normalized spacial score (nSPS) is 14.5. The highest BCUT2D eigenvalue weighted by atomic mass is 19.4. The van der Waals surface area contributed by atoms with Crippen molar-refractivity contribution in [1.82, 2.24) is 10.6 Å². The Morgan fingerprint density at radius 3 is 2.03 bits per heavy atom. The van der Waals surface area contributed by atoms with Crippen molar-refractivity contribution in [2.45, 2.75) is 43.9 Å². The maximum Gasteiger partial charge on any atom is 0.417 e. The van der Waals surface area contributed by atoms with E-state index in [9.17, 15) is 27.6 Å². The first kappa shape index (κ1) is 24.1. The molecule has 33 heavy (non-hydrogen) atoms. The number of carboxylic acids is 1. The van der Waals surface area contributed by atoms with Crippen molar-refractivity contribution in [2.24, 2.45) is 0 Å². The summed E-state index contributed by atoms with van der Waals surface area (Å²) >= 11 is 0. The van der Waals surface area contributed by atoms with Crippen LogP contribution in [0.3, 0.4) is 0 Å². The number of halogens is 3. The second kappa shape index (κ2) is 9.93. The largest absolute Gasteiger partial charge is 0.480 e. The summed E-state index contributed by atoms with van der Waals surface area (Å²) in [5, 5.41) is 12.4.